The highest BCUT2D eigenvalue weighted by Gasteiger charge is 2.38. The largest absolute Gasteiger partial charge is 0.418 e. The van der Waals surface area contributed by atoms with Crippen LogP contribution in [0.15, 0.2) is 27.5 Å². The molecular formula is C14H6BrF4N3O3. The first-order chi connectivity index (χ1) is 11.5. The summed E-state index contributed by atoms with van der Waals surface area (Å²) in [4.78, 5) is 35.7. The van der Waals surface area contributed by atoms with Crippen LogP contribution in [0.1, 0.15) is 26.3 Å². The zero-order valence-electron chi connectivity index (χ0n) is 11.9. The van der Waals surface area contributed by atoms with Crippen molar-refractivity contribution in [2.45, 2.75) is 6.18 Å². The van der Waals surface area contributed by atoms with E-state index in [0.717, 1.165) is 6.07 Å². The van der Waals surface area contributed by atoms with Crippen LogP contribution < -0.4 is 16.6 Å². The molecule has 130 valence electrons. The van der Waals surface area contributed by atoms with Crippen LogP contribution in [0, 0.1) is 5.82 Å². The maximum absolute atomic E-state index is 13.4. The second-order valence-corrected chi connectivity index (χ2v) is 5.91. The van der Waals surface area contributed by atoms with Crippen LogP contribution in [0.3, 0.4) is 0 Å². The van der Waals surface area contributed by atoms with Crippen LogP contribution in [-0.4, -0.2) is 16.4 Å². The minimum Gasteiger partial charge on any atom is -0.384 e. The molecule has 2 heterocycles. The molecule has 2 amide bonds. The van der Waals surface area contributed by atoms with Gasteiger partial charge in [0, 0.05) is 10.5 Å². The summed E-state index contributed by atoms with van der Waals surface area (Å²) in [7, 11) is 0. The van der Waals surface area contributed by atoms with E-state index in [2.05, 4.69) is 15.9 Å². The van der Waals surface area contributed by atoms with Crippen LogP contribution in [-0.2, 0) is 6.18 Å². The number of hydrogen-bond acceptors (Lipinski definition) is 4. The summed E-state index contributed by atoms with van der Waals surface area (Å²) in [6.45, 7) is 0. The van der Waals surface area contributed by atoms with E-state index in [0.29, 0.717) is 10.6 Å². The van der Waals surface area contributed by atoms with E-state index in [9.17, 15) is 31.9 Å². The van der Waals surface area contributed by atoms with Crippen molar-refractivity contribution in [3.8, 4) is 5.69 Å². The summed E-state index contributed by atoms with van der Waals surface area (Å²) in [5.74, 6) is -3.68. The molecule has 0 saturated carbocycles. The normalized spacial score (nSPS) is 13.8. The number of nitrogens with one attached hydrogen (secondary N) is 1. The van der Waals surface area contributed by atoms with Crippen molar-refractivity contribution in [2.24, 2.45) is 0 Å². The number of carbonyl (C=O) groups excluding carboxylic acids is 2. The van der Waals surface area contributed by atoms with E-state index < -0.39 is 56.5 Å². The first kappa shape index (κ1) is 17.1. The van der Waals surface area contributed by atoms with Gasteiger partial charge in [-0.25, -0.2) is 4.39 Å². The number of alkyl halides is 3. The fourth-order valence-electron chi connectivity index (χ4n) is 2.52. The summed E-state index contributed by atoms with van der Waals surface area (Å²) in [6, 6.07) is 1.61. The van der Waals surface area contributed by atoms with Gasteiger partial charge in [-0.3, -0.25) is 24.3 Å². The lowest BCUT2D eigenvalue weighted by Gasteiger charge is -2.19. The SMILES string of the molecule is Nc1c2c(cc(=O)n1-c1c(Br)cc(F)cc1C(F)(F)F)C(=O)NC2=O. The third-order valence-electron chi connectivity index (χ3n) is 3.51. The van der Waals surface area contributed by atoms with Gasteiger partial charge in [-0.2, -0.15) is 13.2 Å². The molecule has 25 heavy (non-hydrogen) atoms. The number of nitrogens with two attached hydrogens (primary N) is 1. The number of halogens is 5. The van der Waals surface area contributed by atoms with Gasteiger partial charge < -0.3 is 5.73 Å². The highest BCUT2D eigenvalue weighted by Crippen LogP contribution is 2.39. The number of benzene rings is 1. The lowest BCUT2D eigenvalue weighted by Crippen LogP contribution is -2.26. The van der Waals surface area contributed by atoms with Gasteiger partial charge in [-0.1, -0.05) is 0 Å². The molecule has 6 nitrogen and oxygen atoms in total. The Bertz CT molecular complexity index is 1010. The molecule has 0 aliphatic carbocycles. The van der Waals surface area contributed by atoms with Crippen molar-refractivity contribution < 1.29 is 27.2 Å². The lowest BCUT2D eigenvalue weighted by atomic mass is 10.1. The Balaban J connectivity index is 2.45. The molecule has 0 saturated heterocycles. The van der Waals surface area contributed by atoms with Crippen LogP contribution >= 0.6 is 15.9 Å². The van der Waals surface area contributed by atoms with Gasteiger partial charge in [-0.05, 0) is 28.1 Å². The summed E-state index contributed by atoms with van der Waals surface area (Å²) >= 11 is 2.78. The number of nitrogens with zero attached hydrogens (tertiary/aromatic N) is 1. The Hall–Kier alpha value is -2.69. The fraction of sp³-hybridized carbons (Fsp3) is 0.0714. The van der Waals surface area contributed by atoms with Crippen LogP contribution in [0.25, 0.3) is 5.69 Å². The highest BCUT2D eigenvalue weighted by atomic mass is 79.9. The van der Waals surface area contributed by atoms with Crippen molar-refractivity contribution in [3.05, 3.63) is 55.5 Å². The fourth-order valence-corrected chi connectivity index (χ4v) is 3.13. The molecule has 1 aromatic heterocycles. The summed E-state index contributed by atoms with van der Waals surface area (Å²) in [6.07, 6.45) is -5.01. The van der Waals surface area contributed by atoms with Crippen molar-refractivity contribution >= 4 is 33.6 Å². The highest BCUT2D eigenvalue weighted by molar-refractivity contribution is 9.10. The standard InChI is InChI=1S/C14H6BrF4N3O3/c15-7-2-4(16)1-6(14(17,18)19)10(7)22-8(23)3-5-9(11(22)20)13(25)21-12(5)24/h1-3H,20H2,(H,21,24,25). The van der Waals surface area contributed by atoms with E-state index in [-0.39, 0.29) is 11.6 Å². The Morgan fingerprint density at radius 2 is 1.72 bits per heavy atom. The van der Waals surface area contributed by atoms with Crippen molar-refractivity contribution in [2.75, 3.05) is 5.73 Å². The van der Waals surface area contributed by atoms with Crippen molar-refractivity contribution in [1.82, 2.24) is 9.88 Å². The molecular weight excluding hydrogens is 414 g/mol. The molecule has 3 N–H and O–H groups in total. The number of carbonyl (C=O) groups is 2. The number of amides is 2. The molecule has 1 aliphatic heterocycles. The second-order valence-electron chi connectivity index (χ2n) is 5.06. The third kappa shape index (κ3) is 2.60. The van der Waals surface area contributed by atoms with E-state index in [1.165, 1.54) is 0 Å². The molecule has 1 aliphatic rings. The quantitative estimate of drug-likeness (QED) is 0.547. The van der Waals surface area contributed by atoms with E-state index in [1.807, 2.05) is 5.32 Å². The van der Waals surface area contributed by atoms with Crippen molar-refractivity contribution in [3.63, 3.8) is 0 Å². The number of pyridine rings is 1. The molecule has 0 unspecified atom stereocenters. The minimum atomic E-state index is -5.01. The Kier molecular flexibility index (Phi) is 3.71. The zero-order valence-corrected chi connectivity index (χ0v) is 13.5. The second kappa shape index (κ2) is 5.41. The number of aromatic nitrogens is 1. The predicted octanol–water partition coefficient (Wildman–Crippen LogP) is 2.22. The minimum absolute atomic E-state index is 0.199. The van der Waals surface area contributed by atoms with Crippen LogP contribution in [0.4, 0.5) is 23.4 Å². The smallest absolute Gasteiger partial charge is 0.384 e. The summed E-state index contributed by atoms with van der Waals surface area (Å²) < 4.78 is 53.3. The topological polar surface area (TPSA) is 94.2 Å². The molecule has 0 bridgehead atoms. The Morgan fingerprint density at radius 1 is 1.08 bits per heavy atom. The first-order valence-electron chi connectivity index (χ1n) is 6.50. The number of hydrogen-bond donors (Lipinski definition) is 2. The van der Waals surface area contributed by atoms with E-state index in [1.54, 1.807) is 0 Å². The molecule has 3 rings (SSSR count). The van der Waals surface area contributed by atoms with Gasteiger partial charge in [0.1, 0.15) is 11.6 Å². The van der Waals surface area contributed by atoms with Gasteiger partial charge in [0.25, 0.3) is 17.4 Å². The molecule has 0 fully saturated rings. The number of fused-ring (bicyclic) bond motifs is 1. The van der Waals surface area contributed by atoms with Gasteiger partial charge in [0.05, 0.1) is 22.4 Å². The Morgan fingerprint density at radius 3 is 2.32 bits per heavy atom. The van der Waals surface area contributed by atoms with Gasteiger partial charge >= 0.3 is 6.18 Å². The third-order valence-corrected chi connectivity index (χ3v) is 4.12. The molecule has 0 radical (unpaired) electrons. The van der Waals surface area contributed by atoms with E-state index in [4.69, 9.17) is 5.73 Å². The van der Waals surface area contributed by atoms with Crippen LogP contribution in [0.5, 0.6) is 0 Å². The average Bonchev–Trinajstić information content (AvgIpc) is 2.74. The lowest BCUT2D eigenvalue weighted by molar-refractivity contribution is -0.137. The number of nitrogen functional groups attached to an aromatic ring is 1. The monoisotopic (exact) mass is 419 g/mol. The predicted molar refractivity (Wildman–Crippen MR) is 80.9 cm³/mol. The van der Waals surface area contributed by atoms with Gasteiger partial charge in [-0.15, -0.1) is 0 Å². The average molecular weight is 420 g/mol. The van der Waals surface area contributed by atoms with E-state index >= 15 is 0 Å². The molecule has 0 atom stereocenters. The number of rotatable bonds is 1. The van der Waals surface area contributed by atoms with Crippen molar-refractivity contribution in [1.29, 1.82) is 0 Å². The maximum atomic E-state index is 13.4. The van der Waals surface area contributed by atoms with Gasteiger partial charge in [0.2, 0.25) is 0 Å². The summed E-state index contributed by atoms with van der Waals surface area (Å²) in [5, 5.41) is 1.89. The first-order valence-corrected chi connectivity index (χ1v) is 7.29. The molecule has 2 aromatic rings. The zero-order chi connectivity index (χ0) is 18.7. The van der Waals surface area contributed by atoms with Crippen LogP contribution in [0.2, 0.25) is 0 Å². The Labute approximate surface area is 144 Å². The molecule has 1 aromatic carbocycles. The number of imide groups is 1. The molecule has 0 spiro atoms. The van der Waals surface area contributed by atoms with Gasteiger partial charge in [0.15, 0.2) is 0 Å². The maximum Gasteiger partial charge on any atom is 0.418 e. The number of anilines is 1. The summed E-state index contributed by atoms with van der Waals surface area (Å²) in [5.41, 5.74) is 1.60. The molecule has 11 heteroatoms.